The van der Waals surface area contributed by atoms with Crippen molar-refractivity contribution in [1.29, 1.82) is 0 Å². The van der Waals surface area contributed by atoms with E-state index in [9.17, 15) is 0 Å². The van der Waals surface area contributed by atoms with E-state index in [-0.39, 0.29) is 0 Å². The molecule has 2 rings (SSSR count). The smallest absolute Gasteiger partial charge is 0.117 e. The molecular weight excluding hydrogens is 258 g/mol. The number of hydrogen-bond acceptors (Lipinski definition) is 2. The van der Waals surface area contributed by atoms with Crippen LogP contribution in [0.15, 0.2) is 77.0 Å². The topological polar surface area (TPSA) is 12.0 Å². The van der Waals surface area contributed by atoms with Gasteiger partial charge in [-0.1, -0.05) is 67.0 Å². The minimum atomic E-state index is 0.662. The molecule has 18 heavy (non-hydrogen) atoms. The molecule has 0 radical (unpaired) electrons. The predicted octanol–water partition coefficient (Wildman–Crippen LogP) is 4.73. The fraction of sp³-hybridized carbons (Fsp3) is 0. The first-order valence-electron chi connectivity index (χ1n) is 5.54. The standard InChI is InChI=1S/C15H13NS2/c1-12(18-14-10-6-3-7-11-14)15(17)16-13-8-4-2-5-9-13/h2-11H,1H2,(H,16,17). The lowest BCUT2D eigenvalue weighted by Crippen LogP contribution is -2.09. The van der Waals surface area contributed by atoms with Gasteiger partial charge in [0.1, 0.15) is 4.99 Å². The molecule has 1 nitrogen and oxygen atoms in total. The quantitative estimate of drug-likeness (QED) is 0.490. The second-order valence-corrected chi connectivity index (χ2v) is 5.24. The average molecular weight is 271 g/mol. The van der Waals surface area contributed by atoms with Crippen LogP contribution >= 0.6 is 24.0 Å². The van der Waals surface area contributed by atoms with Gasteiger partial charge < -0.3 is 5.32 Å². The van der Waals surface area contributed by atoms with Crippen molar-refractivity contribution in [1.82, 2.24) is 0 Å². The Morgan fingerprint density at radius 2 is 1.50 bits per heavy atom. The van der Waals surface area contributed by atoms with Crippen molar-refractivity contribution < 1.29 is 0 Å². The Kier molecular flexibility index (Phi) is 4.56. The number of nitrogens with one attached hydrogen (secondary N) is 1. The number of para-hydroxylation sites is 1. The Balaban J connectivity index is 1.96. The zero-order chi connectivity index (χ0) is 12.8. The second kappa shape index (κ2) is 6.38. The molecule has 2 aromatic rings. The highest BCUT2D eigenvalue weighted by atomic mass is 32.2. The maximum Gasteiger partial charge on any atom is 0.117 e. The molecule has 0 heterocycles. The molecule has 0 aliphatic heterocycles. The van der Waals surface area contributed by atoms with Gasteiger partial charge in [0.2, 0.25) is 0 Å². The number of thioether (sulfide) groups is 1. The van der Waals surface area contributed by atoms with Crippen LogP contribution in [0.25, 0.3) is 0 Å². The summed E-state index contributed by atoms with van der Waals surface area (Å²) >= 11 is 6.90. The SMILES string of the molecule is C=C(Sc1ccccc1)C(=S)Nc1ccccc1. The van der Waals surface area contributed by atoms with E-state index >= 15 is 0 Å². The summed E-state index contributed by atoms with van der Waals surface area (Å²) in [6, 6.07) is 20.0. The molecule has 0 amide bonds. The minimum Gasteiger partial charge on any atom is -0.346 e. The van der Waals surface area contributed by atoms with Gasteiger partial charge in [-0.15, -0.1) is 0 Å². The summed E-state index contributed by atoms with van der Waals surface area (Å²) in [6.07, 6.45) is 0. The van der Waals surface area contributed by atoms with Crippen molar-refractivity contribution in [3.8, 4) is 0 Å². The van der Waals surface area contributed by atoms with Crippen LogP contribution in [-0.4, -0.2) is 4.99 Å². The molecule has 0 saturated heterocycles. The number of thiocarbonyl (C=S) groups is 1. The highest BCUT2D eigenvalue weighted by molar-refractivity contribution is 8.05. The monoisotopic (exact) mass is 271 g/mol. The molecular formula is C15H13NS2. The van der Waals surface area contributed by atoms with Crippen molar-refractivity contribution in [3.63, 3.8) is 0 Å². The molecule has 0 aliphatic carbocycles. The fourth-order valence-corrected chi connectivity index (χ4v) is 2.36. The molecule has 0 saturated carbocycles. The predicted molar refractivity (Wildman–Crippen MR) is 84.1 cm³/mol. The Hall–Kier alpha value is -1.58. The lowest BCUT2D eigenvalue weighted by atomic mass is 10.3. The number of hydrogen-bond donors (Lipinski definition) is 1. The molecule has 2 aromatic carbocycles. The summed E-state index contributed by atoms with van der Waals surface area (Å²) in [5.41, 5.74) is 0.984. The van der Waals surface area contributed by atoms with Gasteiger partial charge in [-0.05, 0) is 24.3 Å². The van der Waals surface area contributed by atoms with Crippen LogP contribution in [0.3, 0.4) is 0 Å². The third kappa shape index (κ3) is 3.72. The Bertz CT molecular complexity index is 483. The van der Waals surface area contributed by atoms with Crippen LogP contribution in [0.2, 0.25) is 0 Å². The van der Waals surface area contributed by atoms with Gasteiger partial charge in [0.15, 0.2) is 0 Å². The van der Waals surface area contributed by atoms with E-state index in [0.29, 0.717) is 4.99 Å². The van der Waals surface area contributed by atoms with Gasteiger partial charge in [0.05, 0.1) is 0 Å². The molecule has 0 atom stereocenters. The normalized spacial score (nSPS) is 9.78. The Labute approximate surface area is 117 Å². The summed E-state index contributed by atoms with van der Waals surface area (Å²) in [7, 11) is 0. The molecule has 0 fully saturated rings. The van der Waals surface area contributed by atoms with Crippen molar-refractivity contribution in [3.05, 3.63) is 72.1 Å². The molecule has 0 unspecified atom stereocenters. The average Bonchev–Trinajstić information content (AvgIpc) is 2.41. The van der Waals surface area contributed by atoms with Crippen LogP contribution in [-0.2, 0) is 0 Å². The van der Waals surface area contributed by atoms with E-state index < -0.39 is 0 Å². The maximum atomic E-state index is 5.33. The summed E-state index contributed by atoms with van der Waals surface area (Å²) < 4.78 is 0. The summed E-state index contributed by atoms with van der Waals surface area (Å²) in [5, 5.41) is 3.17. The van der Waals surface area contributed by atoms with E-state index in [4.69, 9.17) is 12.2 Å². The Morgan fingerprint density at radius 3 is 2.11 bits per heavy atom. The molecule has 0 aliphatic rings. The summed E-state index contributed by atoms with van der Waals surface area (Å²) in [5.74, 6) is 0. The summed E-state index contributed by atoms with van der Waals surface area (Å²) in [4.78, 5) is 2.65. The van der Waals surface area contributed by atoms with E-state index in [1.807, 2.05) is 60.7 Å². The molecule has 1 N–H and O–H groups in total. The van der Waals surface area contributed by atoms with E-state index in [1.165, 1.54) is 0 Å². The first kappa shape index (κ1) is 12.9. The highest BCUT2D eigenvalue weighted by Crippen LogP contribution is 2.26. The van der Waals surface area contributed by atoms with Gasteiger partial charge in [-0.3, -0.25) is 0 Å². The van der Waals surface area contributed by atoms with E-state index in [1.54, 1.807) is 11.8 Å². The van der Waals surface area contributed by atoms with E-state index in [0.717, 1.165) is 15.5 Å². The summed E-state index contributed by atoms with van der Waals surface area (Å²) in [6.45, 7) is 4.01. The highest BCUT2D eigenvalue weighted by Gasteiger charge is 2.04. The number of benzene rings is 2. The van der Waals surface area contributed by atoms with Crippen LogP contribution in [0, 0.1) is 0 Å². The second-order valence-electron chi connectivity index (χ2n) is 3.66. The first-order chi connectivity index (χ1) is 8.75. The number of anilines is 1. The third-order valence-corrected chi connectivity index (χ3v) is 3.71. The Morgan fingerprint density at radius 1 is 0.944 bits per heavy atom. The zero-order valence-corrected chi connectivity index (χ0v) is 11.4. The fourth-order valence-electron chi connectivity index (χ4n) is 1.40. The van der Waals surface area contributed by atoms with Crippen LogP contribution in [0.5, 0.6) is 0 Å². The first-order valence-corrected chi connectivity index (χ1v) is 6.76. The van der Waals surface area contributed by atoms with Gasteiger partial charge in [0, 0.05) is 15.5 Å². The minimum absolute atomic E-state index is 0.662. The van der Waals surface area contributed by atoms with Crippen LogP contribution < -0.4 is 5.32 Å². The van der Waals surface area contributed by atoms with Gasteiger partial charge in [0.25, 0.3) is 0 Å². The van der Waals surface area contributed by atoms with E-state index in [2.05, 4.69) is 11.9 Å². The van der Waals surface area contributed by atoms with Crippen LogP contribution in [0.4, 0.5) is 5.69 Å². The van der Waals surface area contributed by atoms with Crippen molar-refractivity contribution in [2.75, 3.05) is 5.32 Å². The van der Waals surface area contributed by atoms with Gasteiger partial charge >= 0.3 is 0 Å². The van der Waals surface area contributed by atoms with Gasteiger partial charge in [-0.25, -0.2) is 0 Å². The lowest BCUT2D eigenvalue weighted by Gasteiger charge is -2.09. The lowest BCUT2D eigenvalue weighted by molar-refractivity contribution is 1.47. The third-order valence-electron chi connectivity index (χ3n) is 2.27. The van der Waals surface area contributed by atoms with Crippen molar-refractivity contribution >= 4 is 34.7 Å². The number of rotatable bonds is 4. The molecule has 3 heteroatoms. The van der Waals surface area contributed by atoms with Crippen molar-refractivity contribution in [2.24, 2.45) is 0 Å². The largest absolute Gasteiger partial charge is 0.346 e. The molecule has 0 bridgehead atoms. The van der Waals surface area contributed by atoms with Crippen LogP contribution in [0.1, 0.15) is 0 Å². The van der Waals surface area contributed by atoms with Gasteiger partial charge in [-0.2, -0.15) is 0 Å². The van der Waals surface area contributed by atoms with Crippen molar-refractivity contribution in [2.45, 2.75) is 4.90 Å². The zero-order valence-electron chi connectivity index (χ0n) is 9.80. The molecule has 0 spiro atoms. The maximum absolute atomic E-state index is 5.33. The molecule has 0 aromatic heterocycles. The molecule has 90 valence electrons.